The van der Waals surface area contributed by atoms with Crippen molar-refractivity contribution >= 4 is 11.8 Å². The Hall–Kier alpha value is -3.02. The Morgan fingerprint density at radius 2 is 1.73 bits per heavy atom. The van der Waals surface area contributed by atoms with E-state index in [0.717, 1.165) is 11.3 Å². The van der Waals surface area contributed by atoms with E-state index in [-0.39, 0.29) is 12.3 Å². The molecular weight excluding hydrogens is 332 g/mol. The van der Waals surface area contributed by atoms with Crippen molar-refractivity contribution in [2.45, 2.75) is 20.3 Å². The number of carbonyl (C=O) groups is 2. The SMILES string of the molecule is COc1ccc(CC(=O)NNC(=O)c2cccc(OCC(C)C)c2)cc1. The van der Waals surface area contributed by atoms with Crippen LogP contribution >= 0.6 is 0 Å². The van der Waals surface area contributed by atoms with Crippen LogP contribution in [0.4, 0.5) is 0 Å². The Bertz CT molecular complexity index is 742. The molecule has 2 aromatic carbocycles. The number of nitrogens with one attached hydrogen (secondary N) is 2. The van der Waals surface area contributed by atoms with E-state index in [4.69, 9.17) is 9.47 Å². The fourth-order valence-corrected chi connectivity index (χ4v) is 2.16. The largest absolute Gasteiger partial charge is 0.497 e. The number of benzene rings is 2. The predicted molar refractivity (Wildman–Crippen MR) is 99.1 cm³/mol. The molecule has 0 radical (unpaired) electrons. The van der Waals surface area contributed by atoms with Gasteiger partial charge in [0.05, 0.1) is 20.1 Å². The minimum absolute atomic E-state index is 0.155. The first-order chi connectivity index (χ1) is 12.5. The molecule has 0 bridgehead atoms. The number of hydrazine groups is 1. The average Bonchev–Trinajstić information content (AvgIpc) is 2.65. The maximum Gasteiger partial charge on any atom is 0.269 e. The summed E-state index contributed by atoms with van der Waals surface area (Å²) in [5, 5.41) is 0. The standard InChI is InChI=1S/C20H24N2O4/c1-14(2)13-26-18-6-4-5-16(12-18)20(24)22-21-19(23)11-15-7-9-17(25-3)10-8-15/h4-10,12,14H,11,13H2,1-3H3,(H,21,23)(H,22,24). The molecule has 2 N–H and O–H groups in total. The van der Waals surface area contributed by atoms with Gasteiger partial charge in [-0.1, -0.05) is 32.0 Å². The van der Waals surface area contributed by atoms with Crippen molar-refractivity contribution in [3.63, 3.8) is 0 Å². The maximum atomic E-state index is 12.2. The summed E-state index contributed by atoms with van der Waals surface area (Å²) in [7, 11) is 1.58. The molecule has 6 heteroatoms. The summed E-state index contributed by atoms with van der Waals surface area (Å²) in [6.45, 7) is 4.67. The van der Waals surface area contributed by atoms with Crippen molar-refractivity contribution in [3.05, 3.63) is 59.7 Å². The van der Waals surface area contributed by atoms with Crippen LogP contribution in [0.3, 0.4) is 0 Å². The normalized spacial score (nSPS) is 10.3. The number of hydrogen-bond acceptors (Lipinski definition) is 4. The highest BCUT2D eigenvalue weighted by Crippen LogP contribution is 2.14. The van der Waals surface area contributed by atoms with Crippen LogP contribution in [-0.4, -0.2) is 25.5 Å². The molecule has 0 saturated carbocycles. The van der Waals surface area contributed by atoms with E-state index in [1.165, 1.54) is 0 Å². The predicted octanol–water partition coefficient (Wildman–Crippen LogP) is 2.73. The molecule has 0 atom stereocenters. The molecule has 0 saturated heterocycles. The summed E-state index contributed by atoms with van der Waals surface area (Å²) in [6.07, 6.45) is 0.155. The lowest BCUT2D eigenvalue weighted by atomic mass is 10.1. The minimum atomic E-state index is -0.400. The van der Waals surface area contributed by atoms with Gasteiger partial charge in [0, 0.05) is 5.56 Å². The summed E-state index contributed by atoms with van der Waals surface area (Å²) in [5.74, 6) is 1.03. The second kappa shape index (κ2) is 9.46. The Morgan fingerprint density at radius 3 is 2.38 bits per heavy atom. The summed E-state index contributed by atoms with van der Waals surface area (Å²) in [6, 6.07) is 14.0. The number of carbonyl (C=O) groups excluding carboxylic acids is 2. The maximum absolute atomic E-state index is 12.2. The first-order valence-electron chi connectivity index (χ1n) is 8.43. The Labute approximate surface area is 153 Å². The first kappa shape index (κ1) is 19.3. The van der Waals surface area contributed by atoms with Crippen molar-refractivity contribution in [2.24, 2.45) is 5.92 Å². The van der Waals surface area contributed by atoms with Crippen molar-refractivity contribution < 1.29 is 19.1 Å². The third-order valence-corrected chi connectivity index (χ3v) is 3.52. The summed E-state index contributed by atoms with van der Waals surface area (Å²) in [5.41, 5.74) is 6.07. The van der Waals surface area contributed by atoms with E-state index in [0.29, 0.717) is 23.8 Å². The molecular formula is C20H24N2O4. The minimum Gasteiger partial charge on any atom is -0.497 e. The van der Waals surface area contributed by atoms with Crippen LogP contribution in [0.5, 0.6) is 11.5 Å². The van der Waals surface area contributed by atoms with Crippen molar-refractivity contribution in [1.29, 1.82) is 0 Å². The molecule has 0 aliphatic heterocycles. The lowest BCUT2D eigenvalue weighted by molar-refractivity contribution is -0.121. The Balaban J connectivity index is 1.85. The quantitative estimate of drug-likeness (QED) is 0.748. The zero-order valence-corrected chi connectivity index (χ0v) is 15.2. The lowest BCUT2D eigenvalue weighted by Crippen LogP contribution is -2.42. The number of rotatable bonds is 7. The summed E-state index contributed by atoms with van der Waals surface area (Å²) in [4.78, 5) is 24.1. The molecule has 0 fully saturated rings. The molecule has 0 heterocycles. The van der Waals surface area contributed by atoms with E-state index in [1.54, 1.807) is 55.6 Å². The molecule has 6 nitrogen and oxygen atoms in total. The fraction of sp³-hybridized carbons (Fsp3) is 0.300. The van der Waals surface area contributed by atoms with Crippen LogP contribution < -0.4 is 20.3 Å². The topological polar surface area (TPSA) is 76.7 Å². The van der Waals surface area contributed by atoms with Gasteiger partial charge in [0.1, 0.15) is 11.5 Å². The van der Waals surface area contributed by atoms with Gasteiger partial charge >= 0.3 is 0 Å². The van der Waals surface area contributed by atoms with Gasteiger partial charge in [-0.15, -0.1) is 0 Å². The molecule has 0 unspecified atom stereocenters. The smallest absolute Gasteiger partial charge is 0.269 e. The van der Waals surface area contributed by atoms with E-state index < -0.39 is 5.91 Å². The van der Waals surface area contributed by atoms with Gasteiger partial charge in [0.2, 0.25) is 5.91 Å². The van der Waals surface area contributed by atoms with Crippen LogP contribution in [-0.2, 0) is 11.2 Å². The molecule has 138 valence electrons. The third kappa shape index (κ3) is 6.12. The fourth-order valence-electron chi connectivity index (χ4n) is 2.16. The van der Waals surface area contributed by atoms with Gasteiger partial charge in [-0.25, -0.2) is 0 Å². The highest BCUT2D eigenvalue weighted by molar-refractivity contribution is 5.95. The van der Waals surface area contributed by atoms with Crippen LogP contribution in [0.1, 0.15) is 29.8 Å². The number of hydrogen-bond donors (Lipinski definition) is 2. The van der Waals surface area contributed by atoms with Crippen LogP contribution in [0.15, 0.2) is 48.5 Å². The van der Waals surface area contributed by atoms with E-state index in [9.17, 15) is 9.59 Å². The van der Waals surface area contributed by atoms with Crippen molar-refractivity contribution in [1.82, 2.24) is 10.9 Å². The highest BCUT2D eigenvalue weighted by Gasteiger charge is 2.09. The van der Waals surface area contributed by atoms with Gasteiger partial charge in [0.15, 0.2) is 0 Å². The van der Waals surface area contributed by atoms with Gasteiger partial charge in [0.25, 0.3) is 5.91 Å². The van der Waals surface area contributed by atoms with Crippen LogP contribution in [0.2, 0.25) is 0 Å². The Kier molecular flexibility index (Phi) is 7.02. The van der Waals surface area contributed by atoms with E-state index in [1.807, 2.05) is 0 Å². The Morgan fingerprint density at radius 1 is 1.00 bits per heavy atom. The van der Waals surface area contributed by atoms with E-state index in [2.05, 4.69) is 24.7 Å². The van der Waals surface area contributed by atoms with Gasteiger partial charge < -0.3 is 9.47 Å². The van der Waals surface area contributed by atoms with Crippen LogP contribution in [0, 0.1) is 5.92 Å². The lowest BCUT2D eigenvalue weighted by Gasteiger charge is -2.11. The molecule has 2 rings (SSSR count). The third-order valence-electron chi connectivity index (χ3n) is 3.52. The second-order valence-corrected chi connectivity index (χ2v) is 6.26. The van der Waals surface area contributed by atoms with Crippen molar-refractivity contribution in [3.8, 4) is 11.5 Å². The highest BCUT2D eigenvalue weighted by atomic mass is 16.5. The van der Waals surface area contributed by atoms with E-state index >= 15 is 0 Å². The molecule has 0 aliphatic carbocycles. The summed E-state index contributed by atoms with van der Waals surface area (Å²) >= 11 is 0. The zero-order chi connectivity index (χ0) is 18.9. The van der Waals surface area contributed by atoms with Crippen LogP contribution in [0.25, 0.3) is 0 Å². The number of amides is 2. The van der Waals surface area contributed by atoms with Gasteiger partial charge in [-0.05, 0) is 41.8 Å². The average molecular weight is 356 g/mol. The molecule has 2 amide bonds. The molecule has 26 heavy (non-hydrogen) atoms. The second-order valence-electron chi connectivity index (χ2n) is 6.26. The zero-order valence-electron chi connectivity index (χ0n) is 15.2. The van der Waals surface area contributed by atoms with Crippen molar-refractivity contribution in [2.75, 3.05) is 13.7 Å². The molecule has 2 aromatic rings. The number of ether oxygens (including phenoxy) is 2. The van der Waals surface area contributed by atoms with Gasteiger partial charge in [-0.2, -0.15) is 0 Å². The molecule has 0 aromatic heterocycles. The first-order valence-corrected chi connectivity index (χ1v) is 8.43. The summed E-state index contributed by atoms with van der Waals surface area (Å²) < 4.78 is 10.7. The molecule has 0 spiro atoms. The molecule has 0 aliphatic rings. The van der Waals surface area contributed by atoms with Gasteiger partial charge in [-0.3, -0.25) is 20.4 Å². The number of methoxy groups -OCH3 is 1. The monoisotopic (exact) mass is 356 g/mol.